The van der Waals surface area contributed by atoms with Crippen molar-refractivity contribution in [1.82, 2.24) is 10.2 Å². The molecular formula is C13H17N3O. The summed E-state index contributed by atoms with van der Waals surface area (Å²) in [4.78, 5) is 0. The van der Waals surface area contributed by atoms with E-state index in [1.807, 2.05) is 24.3 Å². The summed E-state index contributed by atoms with van der Waals surface area (Å²) in [6.07, 6.45) is 1.98. The lowest BCUT2D eigenvalue weighted by molar-refractivity contribution is 0.415. The van der Waals surface area contributed by atoms with E-state index in [0.29, 0.717) is 5.82 Å². The molecule has 1 heterocycles. The van der Waals surface area contributed by atoms with Gasteiger partial charge >= 0.3 is 0 Å². The van der Waals surface area contributed by atoms with Gasteiger partial charge in [-0.05, 0) is 30.7 Å². The van der Waals surface area contributed by atoms with Gasteiger partial charge in [0, 0.05) is 11.1 Å². The fourth-order valence-corrected chi connectivity index (χ4v) is 1.88. The average Bonchev–Trinajstić information content (AvgIpc) is 2.72. The van der Waals surface area contributed by atoms with E-state index >= 15 is 0 Å². The van der Waals surface area contributed by atoms with Crippen LogP contribution in [0.1, 0.15) is 18.9 Å². The minimum Gasteiger partial charge on any atom is -0.497 e. The van der Waals surface area contributed by atoms with Crippen molar-refractivity contribution < 1.29 is 4.74 Å². The van der Waals surface area contributed by atoms with Crippen molar-refractivity contribution in [3.05, 3.63) is 29.8 Å². The Bertz CT molecular complexity index is 488. The third kappa shape index (κ3) is 2.25. The zero-order valence-electron chi connectivity index (χ0n) is 10.2. The van der Waals surface area contributed by atoms with Gasteiger partial charge in [-0.3, -0.25) is 5.10 Å². The number of benzene rings is 1. The zero-order valence-corrected chi connectivity index (χ0v) is 10.2. The molecule has 0 saturated carbocycles. The molecule has 90 valence electrons. The topological polar surface area (TPSA) is 63.9 Å². The van der Waals surface area contributed by atoms with Gasteiger partial charge < -0.3 is 10.5 Å². The Kier molecular flexibility index (Phi) is 3.32. The third-order valence-electron chi connectivity index (χ3n) is 2.78. The lowest BCUT2D eigenvalue weighted by Gasteiger charge is -2.04. The Balaban J connectivity index is 2.38. The number of aromatic nitrogens is 2. The number of anilines is 1. The highest BCUT2D eigenvalue weighted by molar-refractivity contribution is 5.68. The van der Waals surface area contributed by atoms with Crippen LogP contribution in [0.5, 0.6) is 5.75 Å². The highest BCUT2D eigenvalue weighted by atomic mass is 16.5. The Morgan fingerprint density at radius 3 is 2.59 bits per heavy atom. The van der Waals surface area contributed by atoms with E-state index < -0.39 is 0 Å². The molecule has 0 unspecified atom stereocenters. The first-order valence-corrected chi connectivity index (χ1v) is 5.73. The number of methoxy groups -OCH3 is 1. The molecule has 0 saturated heterocycles. The fraction of sp³-hybridized carbons (Fsp3) is 0.308. The Hall–Kier alpha value is -1.97. The second kappa shape index (κ2) is 4.91. The van der Waals surface area contributed by atoms with Gasteiger partial charge in [0.1, 0.15) is 11.6 Å². The summed E-state index contributed by atoms with van der Waals surface area (Å²) in [5.41, 5.74) is 9.04. The van der Waals surface area contributed by atoms with E-state index in [0.717, 1.165) is 35.4 Å². The number of ether oxygens (including phenoxy) is 1. The molecule has 0 fully saturated rings. The van der Waals surface area contributed by atoms with Crippen LogP contribution in [0.4, 0.5) is 5.82 Å². The number of nitrogens with zero attached hydrogens (tertiary/aromatic N) is 1. The van der Waals surface area contributed by atoms with Gasteiger partial charge in [-0.15, -0.1) is 0 Å². The summed E-state index contributed by atoms with van der Waals surface area (Å²) in [7, 11) is 1.66. The zero-order chi connectivity index (χ0) is 12.3. The maximum Gasteiger partial charge on any atom is 0.149 e. The first-order chi connectivity index (χ1) is 8.26. The van der Waals surface area contributed by atoms with Gasteiger partial charge in [-0.2, -0.15) is 5.10 Å². The smallest absolute Gasteiger partial charge is 0.149 e. The Labute approximate surface area is 101 Å². The molecule has 2 rings (SSSR count). The summed E-state index contributed by atoms with van der Waals surface area (Å²) in [5, 5.41) is 7.07. The molecule has 17 heavy (non-hydrogen) atoms. The van der Waals surface area contributed by atoms with Crippen LogP contribution in [0.25, 0.3) is 11.3 Å². The van der Waals surface area contributed by atoms with Crippen molar-refractivity contribution in [2.24, 2.45) is 0 Å². The molecule has 0 spiro atoms. The van der Waals surface area contributed by atoms with Gasteiger partial charge in [0.2, 0.25) is 0 Å². The molecule has 0 bridgehead atoms. The monoisotopic (exact) mass is 231 g/mol. The second-order valence-electron chi connectivity index (χ2n) is 3.94. The molecule has 2 aromatic rings. The summed E-state index contributed by atoms with van der Waals surface area (Å²) in [5.74, 6) is 1.44. The van der Waals surface area contributed by atoms with E-state index in [-0.39, 0.29) is 0 Å². The van der Waals surface area contributed by atoms with Crippen molar-refractivity contribution >= 4 is 5.82 Å². The lowest BCUT2D eigenvalue weighted by atomic mass is 10.0. The van der Waals surface area contributed by atoms with E-state index in [9.17, 15) is 0 Å². The van der Waals surface area contributed by atoms with E-state index in [2.05, 4.69) is 17.1 Å². The van der Waals surface area contributed by atoms with E-state index in [1.54, 1.807) is 7.11 Å². The van der Waals surface area contributed by atoms with Crippen LogP contribution < -0.4 is 10.5 Å². The molecule has 1 aromatic carbocycles. The number of H-pyrrole nitrogens is 1. The molecule has 0 atom stereocenters. The number of rotatable bonds is 4. The highest BCUT2D eigenvalue weighted by Crippen LogP contribution is 2.27. The Morgan fingerprint density at radius 2 is 2.00 bits per heavy atom. The molecule has 0 radical (unpaired) electrons. The largest absolute Gasteiger partial charge is 0.497 e. The fourth-order valence-electron chi connectivity index (χ4n) is 1.88. The molecule has 0 amide bonds. The van der Waals surface area contributed by atoms with E-state index in [1.165, 1.54) is 0 Å². The average molecular weight is 231 g/mol. The number of nitrogens with two attached hydrogens (primary N) is 1. The quantitative estimate of drug-likeness (QED) is 0.850. The molecule has 4 heteroatoms. The van der Waals surface area contributed by atoms with Crippen LogP contribution in [-0.4, -0.2) is 17.3 Å². The van der Waals surface area contributed by atoms with Crippen LogP contribution in [-0.2, 0) is 6.42 Å². The molecule has 0 aliphatic carbocycles. The van der Waals surface area contributed by atoms with Gasteiger partial charge in [0.25, 0.3) is 0 Å². The van der Waals surface area contributed by atoms with Crippen LogP contribution in [0.3, 0.4) is 0 Å². The predicted octanol–water partition coefficient (Wildman–Crippen LogP) is 2.62. The first kappa shape index (κ1) is 11.5. The minimum atomic E-state index is 0.595. The van der Waals surface area contributed by atoms with Gasteiger partial charge in [0.15, 0.2) is 0 Å². The SMILES string of the molecule is CCCc1c(N)n[nH]c1-c1ccc(OC)cc1. The van der Waals surface area contributed by atoms with Gasteiger partial charge in [-0.25, -0.2) is 0 Å². The Morgan fingerprint density at radius 1 is 1.29 bits per heavy atom. The highest BCUT2D eigenvalue weighted by Gasteiger charge is 2.11. The van der Waals surface area contributed by atoms with Crippen molar-refractivity contribution in [2.75, 3.05) is 12.8 Å². The van der Waals surface area contributed by atoms with Gasteiger partial charge in [-0.1, -0.05) is 13.3 Å². The maximum atomic E-state index is 5.85. The number of aromatic amines is 1. The molecule has 0 aliphatic rings. The van der Waals surface area contributed by atoms with Crippen LogP contribution in [0, 0.1) is 0 Å². The number of nitrogens with one attached hydrogen (secondary N) is 1. The molecule has 3 N–H and O–H groups in total. The van der Waals surface area contributed by atoms with Gasteiger partial charge in [0.05, 0.1) is 12.8 Å². The standard InChI is InChI=1S/C13H17N3O/c1-3-4-11-12(15-16-13(11)14)9-5-7-10(17-2)8-6-9/h5-8H,3-4H2,1-2H3,(H3,14,15,16). The van der Waals surface area contributed by atoms with Crippen molar-refractivity contribution in [1.29, 1.82) is 0 Å². The third-order valence-corrected chi connectivity index (χ3v) is 2.78. The predicted molar refractivity (Wildman–Crippen MR) is 69.0 cm³/mol. The van der Waals surface area contributed by atoms with E-state index in [4.69, 9.17) is 10.5 Å². The lowest BCUT2D eigenvalue weighted by Crippen LogP contribution is -1.92. The van der Waals surface area contributed by atoms with Crippen molar-refractivity contribution in [3.63, 3.8) is 0 Å². The van der Waals surface area contributed by atoms with Crippen LogP contribution in [0.2, 0.25) is 0 Å². The molecule has 4 nitrogen and oxygen atoms in total. The summed E-state index contributed by atoms with van der Waals surface area (Å²) < 4.78 is 5.14. The maximum absolute atomic E-state index is 5.85. The summed E-state index contributed by atoms with van der Waals surface area (Å²) >= 11 is 0. The number of nitrogen functional groups attached to an aromatic ring is 1. The normalized spacial score (nSPS) is 10.5. The van der Waals surface area contributed by atoms with Crippen molar-refractivity contribution in [2.45, 2.75) is 19.8 Å². The van der Waals surface area contributed by atoms with Crippen molar-refractivity contribution in [3.8, 4) is 17.0 Å². The summed E-state index contributed by atoms with van der Waals surface area (Å²) in [6, 6.07) is 7.88. The first-order valence-electron chi connectivity index (χ1n) is 5.73. The molecule has 1 aromatic heterocycles. The molecular weight excluding hydrogens is 214 g/mol. The number of hydrogen-bond acceptors (Lipinski definition) is 3. The minimum absolute atomic E-state index is 0.595. The van der Waals surface area contributed by atoms with Crippen LogP contribution in [0.15, 0.2) is 24.3 Å². The summed E-state index contributed by atoms with van der Waals surface area (Å²) in [6.45, 7) is 2.13. The second-order valence-corrected chi connectivity index (χ2v) is 3.94. The molecule has 0 aliphatic heterocycles. The van der Waals surface area contributed by atoms with Crippen LogP contribution >= 0.6 is 0 Å². The number of hydrogen-bond donors (Lipinski definition) is 2.